The first-order chi connectivity index (χ1) is 17.3. The average molecular weight is 513 g/mol. The minimum atomic E-state index is -3.04. The number of aliphatic hydroxyl groups is 2. The van der Waals surface area contributed by atoms with Crippen molar-refractivity contribution in [2.75, 3.05) is 12.3 Å². The van der Waals surface area contributed by atoms with Crippen LogP contribution in [0.25, 0.3) is 16.8 Å². The fourth-order valence-electron chi connectivity index (χ4n) is 6.19. The highest BCUT2D eigenvalue weighted by Gasteiger charge is 2.44. The number of nitrogen functional groups attached to an aromatic ring is 1. The summed E-state index contributed by atoms with van der Waals surface area (Å²) in [7, 11) is -3.04. The van der Waals surface area contributed by atoms with Crippen LogP contribution in [-0.2, 0) is 21.1 Å². The monoisotopic (exact) mass is 512 g/mol. The second kappa shape index (κ2) is 8.49. The van der Waals surface area contributed by atoms with E-state index in [0.29, 0.717) is 48.3 Å². The number of piperidine rings is 1. The van der Waals surface area contributed by atoms with Crippen LogP contribution in [0, 0.1) is 0 Å². The molecule has 3 aliphatic rings. The van der Waals surface area contributed by atoms with Gasteiger partial charge in [-0.25, -0.2) is 13.4 Å². The molecule has 2 aliphatic heterocycles. The van der Waals surface area contributed by atoms with E-state index in [1.165, 1.54) is 4.52 Å². The average Bonchev–Trinajstić information content (AvgIpc) is 3.40. The van der Waals surface area contributed by atoms with E-state index in [4.69, 9.17) is 10.7 Å². The third-order valence-electron chi connectivity index (χ3n) is 8.14. The molecule has 3 aromatic heterocycles. The summed E-state index contributed by atoms with van der Waals surface area (Å²) < 4.78 is 26.0. The smallest absolute Gasteiger partial charge is 0.248 e. The maximum Gasteiger partial charge on any atom is 0.248 e. The van der Waals surface area contributed by atoms with E-state index in [2.05, 4.69) is 10.1 Å². The number of rotatable bonds is 5. The van der Waals surface area contributed by atoms with Gasteiger partial charge in [0.05, 0.1) is 17.6 Å². The number of hydrogen-bond donors (Lipinski definition) is 4. The van der Waals surface area contributed by atoms with Crippen molar-refractivity contribution in [3.05, 3.63) is 35.9 Å². The van der Waals surface area contributed by atoms with Crippen molar-refractivity contribution < 1.29 is 23.4 Å². The van der Waals surface area contributed by atoms with E-state index in [1.807, 2.05) is 6.07 Å². The highest BCUT2D eigenvalue weighted by Crippen LogP contribution is 2.45. The van der Waals surface area contributed by atoms with Crippen LogP contribution in [0.3, 0.4) is 0 Å². The Labute approximate surface area is 208 Å². The molecule has 2 bridgehead atoms. The first kappa shape index (κ1) is 23.3. The molecule has 3 aromatic rings. The van der Waals surface area contributed by atoms with E-state index in [1.54, 1.807) is 23.4 Å². The van der Waals surface area contributed by atoms with Crippen LogP contribution >= 0.6 is 0 Å². The summed E-state index contributed by atoms with van der Waals surface area (Å²) in [5, 5.41) is 24.3. The number of nitrogens with zero attached hydrogens (tertiary/aromatic N) is 5. The highest BCUT2D eigenvalue weighted by atomic mass is 32.2. The first-order valence-corrected chi connectivity index (χ1v) is 13.4. The quantitative estimate of drug-likeness (QED) is 0.364. The van der Waals surface area contributed by atoms with Gasteiger partial charge in [0.1, 0.15) is 22.9 Å². The minimum Gasteiger partial charge on any atom is -0.387 e. The summed E-state index contributed by atoms with van der Waals surface area (Å²) in [4.78, 5) is 23.3. The summed E-state index contributed by atoms with van der Waals surface area (Å²) in [6.45, 7) is -0.532. The fourth-order valence-corrected chi connectivity index (χ4v) is 6.89. The van der Waals surface area contributed by atoms with Gasteiger partial charge in [-0.05, 0) is 51.0 Å². The molecule has 0 aromatic carbocycles. The van der Waals surface area contributed by atoms with Crippen LogP contribution in [0.2, 0.25) is 0 Å². The van der Waals surface area contributed by atoms with Crippen molar-refractivity contribution in [1.82, 2.24) is 24.5 Å². The standard InChI is InChI=1S/C24H28N6O5S/c25-22-21(36(34)35)20(14-8-15-3-4-16(9-14)29(15)19(32)12-31)28-23-17(11-27-30(22)23)13-2-5-18(26-10-13)24(33)6-1-7-24/h2,5,10-11,14-16,31,33,36H,1,3-4,6-9,12,25H2/t14-,15-,16+. The molecule has 0 unspecified atom stereocenters. The maximum absolute atomic E-state index is 12.3. The molecule has 12 heteroatoms. The molecule has 1 aliphatic carbocycles. The molecule has 6 rings (SSSR count). The molecule has 4 N–H and O–H groups in total. The van der Waals surface area contributed by atoms with Crippen molar-refractivity contribution in [1.29, 1.82) is 0 Å². The lowest BCUT2D eigenvalue weighted by molar-refractivity contribution is -0.138. The zero-order valence-electron chi connectivity index (χ0n) is 19.6. The molecule has 2 saturated heterocycles. The van der Waals surface area contributed by atoms with Gasteiger partial charge in [-0.2, -0.15) is 9.61 Å². The molecule has 11 nitrogen and oxygen atoms in total. The van der Waals surface area contributed by atoms with Gasteiger partial charge in [0.25, 0.3) is 0 Å². The maximum atomic E-state index is 12.3. The Kier molecular flexibility index (Phi) is 5.50. The second-order valence-electron chi connectivity index (χ2n) is 10.1. The number of aromatic nitrogens is 4. The Balaban J connectivity index is 1.41. The molecule has 1 saturated carbocycles. The number of fused-ring (bicyclic) bond motifs is 3. The lowest BCUT2D eigenvalue weighted by Gasteiger charge is -2.38. The molecular weight excluding hydrogens is 484 g/mol. The molecule has 5 heterocycles. The van der Waals surface area contributed by atoms with Crippen LogP contribution < -0.4 is 5.73 Å². The number of thiol groups is 1. The summed E-state index contributed by atoms with van der Waals surface area (Å²) >= 11 is 0. The van der Waals surface area contributed by atoms with Crippen LogP contribution in [-0.4, -0.2) is 67.7 Å². The Morgan fingerprint density at radius 3 is 2.44 bits per heavy atom. The second-order valence-corrected chi connectivity index (χ2v) is 11.1. The van der Waals surface area contributed by atoms with Crippen molar-refractivity contribution in [2.24, 2.45) is 0 Å². The lowest BCUT2D eigenvalue weighted by Crippen LogP contribution is -2.47. The van der Waals surface area contributed by atoms with Gasteiger partial charge < -0.3 is 20.8 Å². The van der Waals surface area contributed by atoms with E-state index in [0.717, 1.165) is 24.8 Å². The third kappa shape index (κ3) is 3.50. The van der Waals surface area contributed by atoms with E-state index < -0.39 is 22.9 Å². The number of aliphatic hydroxyl groups excluding tert-OH is 1. The zero-order chi connectivity index (χ0) is 25.2. The van der Waals surface area contributed by atoms with Crippen molar-refractivity contribution in [3.8, 4) is 11.1 Å². The number of pyridine rings is 1. The topological polar surface area (TPSA) is 164 Å². The third-order valence-corrected chi connectivity index (χ3v) is 8.96. The Bertz CT molecular complexity index is 1410. The van der Waals surface area contributed by atoms with Gasteiger partial charge in [0.15, 0.2) is 16.4 Å². The number of hydrogen-bond acceptors (Lipinski definition) is 9. The molecule has 3 fully saturated rings. The minimum absolute atomic E-state index is 0.00642. The SMILES string of the molecule is Nc1c([SH](=O)=O)c([C@@H]2C[C@H]3CC[C@@H](C2)N3C(=O)CO)nc2c(-c3ccc(C4(O)CCC4)nc3)cnn12. The summed E-state index contributed by atoms with van der Waals surface area (Å²) in [5.74, 6) is -0.483. The molecule has 1 amide bonds. The Morgan fingerprint density at radius 2 is 1.89 bits per heavy atom. The van der Waals surface area contributed by atoms with Crippen LogP contribution in [0.5, 0.6) is 0 Å². The van der Waals surface area contributed by atoms with Crippen LogP contribution in [0.1, 0.15) is 62.3 Å². The number of nitrogens with two attached hydrogens (primary N) is 1. The van der Waals surface area contributed by atoms with E-state index in [9.17, 15) is 23.4 Å². The number of carbonyl (C=O) groups is 1. The van der Waals surface area contributed by atoms with Gasteiger partial charge in [-0.15, -0.1) is 0 Å². The summed E-state index contributed by atoms with van der Waals surface area (Å²) in [6, 6.07) is 3.53. The molecule has 3 atom stereocenters. The largest absolute Gasteiger partial charge is 0.387 e. The van der Waals surface area contributed by atoms with E-state index >= 15 is 0 Å². The van der Waals surface area contributed by atoms with Crippen molar-refractivity contribution >= 4 is 28.1 Å². The predicted molar refractivity (Wildman–Crippen MR) is 130 cm³/mol. The Hall–Kier alpha value is -3.09. The predicted octanol–water partition coefficient (Wildman–Crippen LogP) is 0.945. The van der Waals surface area contributed by atoms with E-state index in [-0.39, 0.29) is 34.6 Å². The van der Waals surface area contributed by atoms with Gasteiger partial charge in [0, 0.05) is 35.3 Å². The number of carbonyl (C=O) groups excluding carboxylic acids is 1. The molecule has 190 valence electrons. The fraction of sp³-hybridized carbons (Fsp3) is 0.500. The molecular formula is C24H28N6O5S. The summed E-state index contributed by atoms with van der Waals surface area (Å²) in [5.41, 5.74) is 8.33. The number of amides is 1. The highest BCUT2D eigenvalue weighted by molar-refractivity contribution is 7.72. The van der Waals surface area contributed by atoms with Crippen molar-refractivity contribution in [3.63, 3.8) is 0 Å². The molecule has 0 spiro atoms. The zero-order valence-corrected chi connectivity index (χ0v) is 20.5. The number of anilines is 1. The molecule has 0 radical (unpaired) electrons. The summed E-state index contributed by atoms with van der Waals surface area (Å²) in [6.07, 6.45) is 8.35. The van der Waals surface area contributed by atoms with Gasteiger partial charge in [-0.3, -0.25) is 9.78 Å². The van der Waals surface area contributed by atoms with Crippen LogP contribution in [0.15, 0.2) is 29.4 Å². The normalized spacial score (nSPS) is 24.9. The van der Waals surface area contributed by atoms with Gasteiger partial charge in [-0.1, -0.05) is 6.07 Å². The first-order valence-electron chi connectivity index (χ1n) is 12.2. The molecule has 36 heavy (non-hydrogen) atoms. The Morgan fingerprint density at radius 1 is 1.17 bits per heavy atom. The van der Waals surface area contributed by atoms with Gasteiger partial charge in [0.2, 0.25) is 5.91 Å². The lowest BCUT2D eigenvalue weighted by atomic mass is 9.77. The van der Waals surface area contributed by atoms with Gasteiger partial charge >= 0.3 is 0 Å². The van der Waals surface area contributed by atoms with Crippen molar-refractivity contribution in [2.45, 2.75) is 73.4 Å². The van der Waals surface area contributed by atoms with Crippen LogP contribution in [0.4, 0.5) is 5.82 Å².